The van der Waals surface area contributed by atoms with Crippen LogP contribution in [0.25, 0.3) is 16.5 Å². The molecule has 2 aromatic rings. The summed E-state index contributed by atoms with van der Waals surface area (Å²) >= 11 is 0. The van der Waals surface area contributed by atoms with Crippen molar-refractivity contribution >= 4 is 28.4 Å². The van der Waals surface area contributed by atoms with Crippen molar-refractivity contribution in [2.75, 3.05) is 26.7 Å². The Bertz CT molecular complexity index is 1200. The third-order valence-corrected chi connectivity index (χ3v) is 10.2. The number of fused-ring (bicyclic) bond motifs is 2. The second-order valence-corrected chi connectivity index (χ2v) is 12.4. The number of hydrogen-bond donors (Lipinski definition) is 2. The third-order valence-electron chi connectivity index (χ3n) is 10.2. The number of carboxylic acids is 1. The molecule has 1 amide bonds. The fraction of sp³-hybridized carbons (Fsp3) is 0.613. The minimum absolute atomic E-state index is 0.0445. The Morgan fingerprint density at radius 2 is 1.73 bits per heavy atom. The van der Waals surface area contributed by atoms with Crippen LogP contribution < -0.4 is 0 Å². The molecule has 4 fully saturated rings. The number of benzene rings is 1. The average molecular weight is 504 g/mol. The highest BCUT2D eigenvalue weighted by molar-refractivity contribution is 5.99. The highest BCUT2D eigenvalue weighted by atomic mass is 16.4. The maximum absolute atomic E-state index is 12.9. The summed E-state index contributed by atoms with van der Waals surface area (Å²) in [5.74, 6) is 1.96. The number of carbonyl (C=O) groups is 2. The van der Waals surface area contributed by atoms with Gasteiger partial charge in [0, 0.05) is 42.8 Å². The Kier molecular flexibility index (Phi) is 6.21. The molecule has 8 rings (SSSR count). The summed E-state index contributed by atoms with van der Waals surface area (Å²) in [4.78, 5) is 31.8. The average Bonchev–Trinajstić information content (AvgIpc) is 3.29. The van der Waals surface area contributed by atoms with E-state index in [1.807, 2.05) is 4.90 Å². The van der Waals surface area contributed by atoms with Crippen molar-refractivity contribution in [2.24, 2.45) is 29.1 Å². The summed E-state index contributed by atoms with van der Waals surface area (Å²) in [5, 5.41) is 10.6. The lowest BCUT2D eigenvalue weighted by Gasteiger charge is -2.54. The molecular formula is C31H41N3O3. The number of H-pyrrole nitrogens is 1. The van der Waals surface area contributed by atoms with Crippen molar-refractivity contribution in [2.45, 2.75) is 64.8 Å². The largest absolute Gasteiger partial charge is 0.481 e. The quantitative estimate of drug-likeness (QED) is 0.602. The molecule has 4 saturated carbocycles. The van der Waals surface area contributed by atoms with Crippen LogP contribution in [0.2, 0.25) is 0 Å². The van der Waals surface area contributed by atoms with E-state index >= 15 is 0 Å². The molecule has 1 aromatic carbocycles. The van der Waals surface area contributed by atoms with Crippen LogP contribution in [0.5, 0.6) is 0 Å². The molecule has 0 unspecified atom stereocenters. The molecule has 1 aromatic heterocycles. The van der Waals surface area contributed by atoms with Crippen LogP contribution >= 0.6 is 0 Å². The third kappa shape index (κ3) is 4.12. The van der Waals surface area contributed by atoms with Crippen molar-refractivity contribution < 1.29 is 14.7 Å². The van der Waals surface area contributed by atoms with Gasteiger partial charge in [-0.2, -0.15) is 0 Å². The summed E-state index contributed by atoms with van der Waals surface area (Å²) in [5.41, 5.74) is 4.93. The van der Waals surface area contributed by atoms with Crippen molar-refractivity contribution in [3.8, 4) is 0 Å². The smallest absolute Gasteiger partial charge is 0.309 e. The highest BCUT2D eigenvalue weighted by Gasteiger charge is 2.54. The number of aromatic amines is 1. The number of hydrogen-bond acceptors (Lipinski definition) is 3. The minimum Gasteiger partial charge on any atom is -0.481 e. The molecule has 6 heteroatoms. The minimum atomic E-state index is -0.508. The summed E-state index contributed by atoms with van der Waals surface area (Å²) < 4.78 is 0. The van der Waals surface area contributed by atoms with Crippen molar-refractivity contribution in [3.05, 3.63) is 41.6 Å². The summed E-state index contributed by atoms with van der Waals surface area (Å²) in [6.07, 6.45) is 12.3. The molecular weight excluding hydrogens is 462 g/mol. The van der Waals surface area contributed by atoms with Gasteiger partial charge in [0.15, 0.2) is 0 Å². The van der Waals surface area contributed by atoms with E-state index < -0.39 is 5.97 Å². The lowest BCUT2D eigenvalue weighted by Crippen LogP contribution is -2.49. The van der Waals surface area contributed by atoms with Gasteiger partial charge in [-0.3, -0.25) is 14.5 Å². The van der Waals surface area contributed by atoms with Crippen LogP contribution in [0.15, 0.2) is 30.5 Å². The van der Waals surface area contributed by atoms with Crippen molar-refractivity contribution in [3.63, 3.8) is 0 Å². The van der Waals surface area contributed by atoms with Gasteiger partial charge in [-0.25, -0.2) is 0 Å². The molecule has 0 spiro atoms. The van der Waals surface area contributed by atoms with Crippen LogP contribution in [0.1, 0.15) is 63.5 Å². The SMILES string of the molecule is CCN(CC)C(=O)[C@@H]1C=C2c3cccc4[nH]cc(c34)C[C@H]2N(C)C1.O=C(O)C12CC3CC(CC(C3)C1)C2. The number of amides is 1. The fourth-order valence-corrected chi connectivity index (χ4v) is 8.75. The molecule has 0 radical (unpaired) electrons. The maximum atomic E-state index is 12.9. The molecule has 4 bridgehead atoms. The maximum Gasteiger partial charge on any atom is 0.309 e. The monoisotopic (exact) mass is 503 g/mol. The van der Waals surface area contributed by atoms with E-state index in [2.05, 4.69) is 61.3 Å². The first kappa shape index (κ1) is 24.7. The highest BCUT2D eigenvalue weighted by Crippen LogP contribution is 2.60. The lowest BCUT2D eigenvalue weighted by atomic mass is 9.49. The van der Waals surface area contributed by atoms with E-state index in [-0.39, 0.29) is 17.2 Å². The number of nitrogens with one attached hydrogen (secondary N) is 1. The molecule has 6 aliphatic rings. The zero-order chi connectivity index (χ0) is 25.9. The zero-order valence-corrected chi connectivity index (χ0v) is 22.5. The topological polar surface area (TPSA) is 76.6 Å². The number of aromatic nitrogens is 1. The molecule has 5 aliphatic carbocycles. The molecule has 198 valence electrons. The number of rotatable bonds is 4. The first-order valence-electron chi connectivity index (χ1n) is 14.3. The predicted molar refractivity (Wildman–Crippen MR) is 146 cm³/mol. The van der Waals surface area contributed by atoms with Crippen LogP contribution in [0.3, 0.4) is 0 Å². The van der Waals surface area contributed by atoms with Crippen LogP contribution in [0, 0.1) is 29.1 Å². The predicted octanol–water partition coefficient (Wildman–Crippen LogP) is 5.19. The van der Waals surface area contributed by atoms with Gasteiger partial charge in [-0.15, -0.1) is 0 Å². The van der Waals surface area contributed by atoms with Crippen molar-refractivity contribution in [1.29, 1.82) is 0 Å². The standard InChI is InChI=1S/C20H25N3O.C11H16O2/c1-4-23(5-2)20(24)14-9-16-15-7-6-8-17-19(15)13(11-21-17)10-18(16)22(3)12-14;12-10(13)11-4-7-1-8(5-11)3-9(2-7)6-11/h6-9,11,14,18,21H,4-5,10,12H2,1-3H3;7-9H,1-6H2,(H,12,13)/t14-,18-;/m1./s1. The Labute approximate surface area is 220 Å². The normalized spacial score (nSPS) is 33.4. The van der Waals surface area contributed by atoms with Gasteiger partial charge in [0.25, 0.3) is 0 Å². The molecule has 0 saturated heterocycles. The molecule has 2 atom stereocenters. The molecule has 6 nitrogen and oxygen atoms in total. The van der Waals surface area contributed by atoms with E-state index in [4.69, 9.17) is 0 Å². The number of aliphatic carboxylic acids is 1. The molecule has 1 aliphatic heterocycles. The van der Waals surface area contributed by atoms with Gasteiger partial charge in [-0.05, 0) is 106 Å². The summed E-state index contributed by atoms with van der Waals surface area (Å²) in [6, 6.07) is 6.82. The Hall–Kier alpha value is -2.60. The van der Waals surface area contributed by atoms with Crippen LogP contribution in [-0.4, -0.2) is 64.5 Å². The molecule has 37 heavy (non-hydrogen) atoms. The van der Waals surface area contributed by atoms with Gasteiger partial charge >= 0.3 is 5.97 Å². The first-order chi connectivity index (χ1) is 17.8. The van der Waals surface area contributed by atoms with Gasteiger partial charge in [0.1, 0.15) is 0 Å². The van der Waals surface area contributed by atoms with E-state index in [1.54, 1.807) is 0 Å². The van der Waals surface area contributed by atoms with Gasteiger partial charge < -0.3 is 15.0 Å². The van der Waals surface area contributed by atoms with Gasteiger partial charge in [0.05, 0.1) is 11.3 Å². The number of likely N-dealkylation sites (N-methyl/N-ethyl adjacent to an activating group) is 1. The Balaban J connectivity index is 0.000000162. The van der Waals surface area contributed by atoms with E-state index in [0.29, 0.717) is 6.04 Å². The van der Waals surface area contributed by atoms with E-state index in [0.717, 1.165) is 63.1 Å². The number of nitrogens with zero attached hydrogens (tertiary/aromatic N) is 2. The Morgan fingerprint density at radius 3 is 2.32 bits per heavy atom. The fourth-order valence-electron chi connectivity index (χ4n) is 8.75. The zero-order valence-electron chi connectivity index (χ0n) is 22.5. The van der Waals surface area contributed by atoms with Gasteiger partial charge in [-0.1, -0.05) is 18.2 Å². The van der Waals surface area contributed by atoms with E-state index in [1.165, 1.54) is 46.9 Å². The summed E-state index contributed by atoms with van der Waals surface area (Å²) in [7, 11) is 2.15. The first-order valence-corrected chi connectivity index (χ1v) is 14.3. The lowest BCUT2D eigenvalue weighted by molar-refractivity contribution is -0.164. The second kappa shape index (κ2) is 9.30. The molecule has 2 heterocycles. The van der Waals surface area contributed by atoms with E-state index in [9.17, 15) is 14.7 Å². The number of carbonyl (C=O) groups excluding carboxylic acids is 1. The summed E-state index contributed by atoms with van der Waals surface area (Å²) in [6.45, 7) is 6.47. The van der Waals surface area contributed by atoms with Crippen LogP contribution in [-0.2, 0) is 16.0 Å². The van der Waals surface area contributed by atoms with Gasteiger partial charge in [0.2, 0.25) is 5.91 Å². The molecule has 2 N–H and O–H groups in total. The Morgan fingerprint density at radius 1 is 1.08 bits per heavy atom. The van der Waals surface area contributed by atoms with Crippen LogP contribution in [0.4, 0.5) is 0 Å². The van der Waals surface area contributed by atoms with Crippen molar-refractivity contribution in [1.82, 2.24) is 14.8 Å². The second-order valence-electron chi connectivity index (χ2n) is 12.4. The number of carboxylic acid groups (broad SMARTS) is 1.